The molecule has 0 spiro atoms. The van der Waals surface area contributed by atoms with Gasteiger partial charge in [0.05, 0.1) is 5.52 Å². The lowest BCUT2D eigenvalue weighted by Gasteiger charge is -2.08. The molecule has 3 rings (SSSR count). The van der Waals surface area contributed by atoms with Gasteiger partial charge < -0.3 is 0 Å². The van der Waals surface area contributed by atoms with E-state index in [4.69, 9.17) is 11.6 Å². The van der Waals surface area contributed by atoms with Gasteiger partial charge in [0.25, 0.3) is 0 Å². The van der Waals surface area contributed by atoms with Crippen LogP contribution in [0.4, 0.5) is 0 Å². The van der Waals surface area contributed by atoms with Gasteiger partial charge in [0, 0.05) is 10.9 Å². The zero-order chi connectivity index (χ0) is 13.2. The smallest absolute Gasteiger partial charge is 0.137 e. The van der Waals surface area contributed by atoms with E-state index in [1.54, 1.807) is 0 Å². The SMILES string of the molecule is CCc1cccc2cc(-c3ccccc3)c(Cl)nc12. The summed E-state index contributed by atoms with van der Waals surface area (Å²) in [5.41, 5.74) is 4.33. The second-order valence-corrected chi connectivity index (χ2v) is 4.89. The van der Waals surface area contributed by atoms with Crippen LogP contribution in [0.2, 0.25) is 5.15 Å². The molecule has 2 heteroatoms. The summed E-state index contributed by atoms with van der Waals surface area (Å²) in [5, 5.41) is 1.71. The number of fused-ring (bicyclic) bond motifs is 1. The Balaban J connectivity index is 2.26. The third kappa shape index (κ3) is 2.22. The summed E-state index contributed by atoms with van der Waals surface area (Å²) in [5.74, 6) is 0. The van der Waals surface area contributed by atoms with Gasteiger partial charge in [-0.05, 0) is 23.6 Å². The summed E-state index contributed by atoms with van der Waals surface area (Å²) in [6.45, 7) is 2.13. The summed E-state index contributed by atoms with van der Waals surface area (Å²) in [7, 11) is 0. The Hall–Kier alpha value is -1.86. The van der Waals surface area contributed by atoms with Crippen molar-refractivity contribution in [3.63, 3.8) is 0 Å². The molecule has 0 saturated heterocycles. The number of para-hydroxylation sites is 1. The van der Waals surface area contributed by atoms with E-state index in [-0.39, 0.29) is 0 Å². The van der Waals surface area contributed by atoms with Gasteiger partial charge in [-0.15, -0.1) is 0 Å². The number of aromatic nitrogens is 1. The van der Waals surface area contributed by atoms with Gasteiger partial charge in [0.15, 0.2) is 0 Å². The van der Waals surface area contributed by atoms with Gasteiger partial charge in [-0.2, -0.15) is 0 Å². The summed E-state index contributed by atoms with van der Waals surface area (Å²) in [4.78, 5) is 4.59. The molecule has 0 amide bonds. The first-order chi connectivity index (χ1) is 9.29. The monoisotopic (exact) mass is 267 g/mol. The van der Waals surface area contributed by atoms with Crippen LogP contribution in [0, 0.1) is 0 Å². The predicted molar refractivity (Wildman–Crippen MR) is 81.6 cm³/mol. The quantitative estimate of drug-likeness (QED) is 0.588. The Bertz CT molecular complexity index is 720. The standard InChI is InChI=1S/C17H14ClN/c1-2-12-9-6-10-14-11-15(17(18)19-16(12)14)13-7-4-3-5-8-13/h3-11H,2H2,1H3. The van der Waals surface area contributed by atoms with Gasteiger partial charge in [0.1, 0.15) is 5.15 Å². The topological polar surface area (TPSA) is 12.9 Å². The van der Waals surface area contributed by atoms with Crippen LogP contribution in [0.25, 0.3) is 22.0 Å². The molecule has 0 unspecified atom stereocenters. The fourth-order valence-corrected chi connectivity index (χ4v) is 2.59. The number of halogens is 1. The number of pyridine rings is 1. The van der Waals surface area contributed by atoms with E-state index in [2.05, 4.69) is 48.3 Å². The van der Waals surface area contributed by atoms with Crippen LogP contribution in [0.1, 0.15) is 12.5 Å². The maximum absolute atomic E-state index is 6.36. The van der Waals surface area contributed by atoms with E-state index >= 15 is 0 Å². The van der Waals surface area contributed by atoms with Crippen LogP contribution in [0.15, 0.2) is 54.6 Å². The number of benzene rings is 2. The highest BCUT2D eigenvalue weighted by molar-refractivity contribution is 6.32. The Morgan fingerprint density at radius 2 is 1.79 bits per heavy atom. The van der Waals surface area contributed by atoms with Crippen molar-refractivity contribution in [2.45, 2.75) is 13.3 Å². The van der Waals surface area contributed by atoms with E-state index < -0.39 is 0 Å². The van der Waals surface area contributed by atoms with Gasteiger partial charge in [-0.1, -0.05) is 67.1 Å². The van der Waals surface area contributed by atoms with E-state index in [1.807, 2.05) is 18.2 Å². The normalized spacial score (nSPS) is 10.8. The number of hydrogen-bond acceptors (Lipinski definition) is 1. The largest absolute Gasteiger partial charge is 0.235 e. The molecule has 0 radical (unpaired) electrons. The van der Waals surface area contributed by atoms with E-state index in [0.717, 1.165) is 28.5 Å². The second kappa shape index (κ2) is 5.02. The summed E-state index contributed by atoms with van der Waals surface area (Å²) in [6.07, 6.45) is 0.964. The van der Waals surface area contributed by atoms with Gasteiger partial charge in [0.2, 0.25) is 0 Å². The van der Waals surface area contributed by atoms with Crippen LogP contribution >= 0.6 is 11.6 Å². The van der Waals surface area contributed by atoms with Crippen molar-refractivity contribution in [1.29, 1.82) is 0 Å². The van der Waals surface area contributed by atoms with Gasteiger partial charge in [-0.3, -0.25) is 0 Å². The van der Waals surface area contributed by atoms with E-state index in [1.165, 1.54) is 5.56 Å². The Morgan fingerprint density at radius 3 is 2.53 bits per heavy atom. The predicted octanol–water partition coefficient (Wildman–Crippen LogP) is 5.12. The molecular formula is C17H14ClN. The first kappa shape index (κ1) is 12.2. The second-order valence-electron chi connectivity index (χ2n) is 4.54. The van der Waals surface area contributed by atoms with Crippen LogP contribution in [0.5, 0.6) is 0 Å². The van der Waals surface area contributed by atoms with Crippen molar-refractivity contribution in [2.24, 2.45) is 0 Å². The van der Waals surface area contributed by atoms with Crippen molar-refractivity contribution in [2.75, 3.05) is 0 Å². The minimum absolute atomic E-state index is 0.569. The summed E-state index contributed by atoms with van der Waals surface area (Å²) in [6, 6.07) is 18.5. The highest BCUT2D eigenvalue weighted by Crippen LogP contribution is 2.30. The molecule has 0 N–H and O–H groups in total. The lowest BCUT2D eigenvalue weighted by Crippen LogP contribution is -1.90. The molecule has 2 aromatic carbocycles. The lowest BCUT2D eigenvalue weighted by atomic mass is 10.0. The maximum atomic E-state index is 6.36. The average molecular weight is 268 g/mol. The molecule has 0 atom stereocenters. The first-order valence-corrected chi connectivity index (χ1v) is 6.81. The molecule has 94 valence electrons. The molecule has 0 aliphatic rings. The van der Waals surface area contributed by atoms with Crippen molar-refractivity contribution < 1.29 is 0 Å². The van der Waals surface area contributed by atoms with Crippen molar-refractivity contribution in [3.8, 4) is 11.1 Å². The highest BCUT2D eigenvalue weighted by Gasteiger charge is 2.08. The summed E-state index contributed by atoms with van der Waals surface area (Å²) < 4.78 is 0. The van der Waals surface area contributed by atoms with Crippen LogP contribution < -0.4 is 0 Å². The van der Waals surface area contributed by atoms with Crippen LogP contribution in [0.3, 0.4) is 0 Å². The van der Waals surface area contributed by atoms with Crippen LogP contribution in [-0.4, -0.2) is 4.98 Å². The molecule has 3 aromatic rings. The Morgan fingerprint density at radius 1 is 1.00 bits per heavy atom. The van der Waals surface area contributed by atoms with E-state index in [9.17, 15) is 0 Å². The minimum Gasteiger partial charge on any atom is -0.235 e. The Kier molecular flexibility index (Phi) is 3.22. The molecule has 1 nitrogen and oxygen atoms in total. The third-order valence-electron chi connectivity index (χ3n) is 3.35. The molecule has 1 heterocycles. The van der Waals surface area contributed by atoms with Crippen molar-refractivity contribution in [1.82, 2.24) is 4.98 Å². The highest BCUT2D eigenvalue weighted by atomic mass is 35.5. The molecule has 19 heavy (non-hydrogen) atoms. The molecule has 0 aliphatic carbocycles. The molecule has 0 aliphatic heterocycles. The van der Waals surface area contributed by atoms with Crippen LogP contribution in [-0.2, 0) is 6.42 Å². The molecule has 0 bridgehead atoms. The van der Waals surface area contributed by atoms with Crippen molar-refractivity contribution in [3.05, 3.63) is 65.3 Å². The number of rotatable bonds is 2. The van der Waals surface area contributed by atoms with Crippen molar-refractivity contribution >= 4 is 22.5 Å². The Labute approximate surface area is 117 Å². The minimum atomic E-state index is 0.569. The molecule has 1 aromatic heterocycles. The fraction of sp³-hybridized carbons (Fsp3) is 0.118. The number of nitrogens with zero attached hydrogens (tertiary/aromatic N) is 1. The molecular weight excluding hydrogens is 254 g/mol. The van der Waals surface area contributed by atoms with Gasteiger partial charge >= 0.3 is 0 Å². The zero-order valence-electron chi connectivity index (χ0n) is 10.7. The first-order valence-electron chi connectivity index (χ1n) is 6.43. The fourth-order valence-electron chi connectivity index (χ4n) is 2.34. The van der Waals surface area contributed by atoms with E-state index in [0.29, 0.717) is 5.15 Å². The average Bonchev–Trinajstić information content (AvgIpc) is 2.47. The number of aryl methyl sites for hydroxylation is 1. The lowest BCUT2D eigenvalue weighted by molar-refractivity contribution is 1.14. The van der Waals surface area contributed by atoms with Gasteiger partial charge in [-0.25, -0.2) is 4.98 Å². The molecule has 0 saturated carbocycles. The third-order valence-corrected chi connectivity index (χ3v) is 3.64. The number of hydrogen-bond donors (Lipinski definition) is 0. The summed E-state index contributed by atoms with van der Waals surface area (Å²) >= 11 is 6.36. The maximum Gasteiger partial charge on any atom is 0.137 e. The zero-order valence-corrected chi connectivity index (χ0v) is 11.5. The molecule has 0 fully saturated rings.